The van der Waals surface area contributed by atoms with Crippen molar-refractivity contribution in [2.75, 3.05) is 13.1 Å². The normalized spacial score (nSPS) is 20.6. The Labute approximate surface area is 118 Å². The number of benzene rings is 1. The predicted octanol–water partition coefficient (Wildman–Crippen LogP) is 2.88. The zero-order chi connectivity index (χ0) is 14.8. The molecule has 0 aromatic heterocycles. The summed E-state index contributed by atoms with van der Waals surface area (Å²) in [5.41, 5.74) is 0.0532. The summed E-state index contributed by atoms with van der Waals surface area (Å²) in [6.45, 7) is 3.02. The summed E-state index contributed by atoms with van der Waals surface area (Å²) in [6.07, 6.45) is 0.918. The zero-order valence-corrected chi connectivity index (χ0v) is 11.9. The van der Waals surface area contributed by atoms with Crippen LogP contribution in [0.3, 0.4) is 0 Å². The van der Waals surface area contributed by atoms with Crippen LogP contribution in [0.4, 0.5) is 8.78 Å². The molecule has 1 fully saturated rings. The average molecular weight is 285 g/mol. The molecule has 1 N–H and O–H groups in total. The van der Waals surface area contributed by atoms with E-state index in [0.717, 1.165) is 25.1 Å². The summed E-state index contributed by atoms with van der Waals surface area (Å²) >= 11 is 0. The second-order valence-electron chi connectivity index (χ2n) is 5.86. The smallest absolute Gasteiger partial charge is 0.387 e. The highest BCUT2D eigenvalue weighted by atomic mass is 19.3. The molecule has 0 radical (unpaired) electrons. The topological polar surface area (TPSA) is 32.7 Å². The van der Waals surface area contributed by atoms with Gasteiger partial charge >= 0.3 is 6.61 Å². The summed E-state index contributed by atoms with van der Waals surface area (Å²) in [5, 5.41) is 10.0. The minimum absolute atomic E-state index is 0.214. The van der Waals surface area contributed by atoms with Gasteiger partial charge in [0.15, 0.2) is 0 Å². The van der Waals surface area contributed by atoms with Gasteiger partial charge in [0.1, 0.15) is 5.75 Å². The predicted molar refractivity (Wildman–Crippen MR) is 72.8 cm³/mol. The molecule has 1 aliphatic heterocycles. The maximum atomic E-state index is 12.4. The molecule has 1 unspecified atom stereocenters. The van der Waals surface area contributed by atoms with Crippen molar-refractivity contribution in [1.82, 2.24) is 4.90 Å². The fourth-order valence-electron chi connectivity index (χ4n) is 2.64. The molecule has 1 heterocycles. The van der Waals surface area contributed by atoms with Crippen LogP contribution in [0.1, 0.15) is 25.8 Å². The summed E-state index contributed by atoms with van der Waals surface area (Å²) in [6, 6.07) is 6.86. The van der Waals surface area contributed by atoms with E-state index in [1.54, 1.807) is 18.2 Å². The molecule has 1 aliphatic rings. The first-order valence-electron chi connectivity index (χ1n) is 6.83. The van der Waals surface area contributed by atoms with E-state index in [-0.39, 0.29) is 11.7 Å². The van der Waals surface area contributed by atoms with Crippen LogP contribution in [0.15, 0.2) is 24.3 Å². The van der Waals surface area contributed by atoms with Crippen molar-refractivity contribution in [3.05, 3.63) is 29.8 Å². The summed E-state index contributed by atoms with van der Waals surface area (Å²) in [5.74, 6) is 0.444. The standard InChI is InChI=1S/C15H21F2NO2/c1-15(2,19)12-7-8-18(10-12)9-11-5-3-4-6-13(11)20-14(16)17/h3-6,12,14,19H,7-10H2,1-2H3. The first-order valence-corrected chi connectivity index (χ1v) is 6.83. The number of halogens is 2. The average Bonchev–Trinajstić information content (AvgIpc) is 2.79. The lowest BCUT2D eigenvalue weighted by Crippen LogP contribution is -2.33. The summed E-state index contributed by atoms with van der Waals surface area (Å²) < 4.78 is 29.3. The van der Waals surface area contributed by atoms with Crippen molar-refractivity contribution in [2.24, 2.45) is 5.92 Å². The van der Waals surface area contributed by atoms with Gasteiger partial charge in [-0.15, -0.1) is 0 Å². The first kappa shape index (κ1) is 15.2. The van der Waals surface area contributed by atoms with E-state index in [2.05, 4.69) is 9.64 Å². The Morgan fingerprint density at radius 2 is 2.10 bits per heavy atom. The number of likely N-dealkylation sites (tertiary alicyclic amines) is 1. The molecule has 1 aromatic rings. The fraction of sp³-hybridized carbons (Fsp3) is 0.600. The van der Waals surface area contributed by atoms with Crippen molar-refractivity contribution in [2.45, 2.75) is 39.0 Å². The molecule has 0 bridgehead atoms. The van der Waals surface area contributed by atoms with E-state index in [1.165, 1.54) is 0 Å². The number of ether oxygens (including phenoxy) is 1. The number of para-hydroxylation sites is 1. The lowest BCUT2D eigenvalue weighted by molar-refractivity contribution is -0.0507. The molecule has 3 nitrogen and oxygen atoms in total. The van der Waals surface area contributed by atoms with Crippen molar-refractivity contribution in [3.63, 3.8) is 0 Å². The van der Waals surface area contributed by atoms with Crippen LogP contribution in [0.25, 0.3) is 0 Å². The number of aliphatic hydroxyl groups is 1. The van der Waals surface area contributed by atoms with Gasteiger partial charge in [0, 0.05) is 24.6 Å². The molecule has 1 saturated heterocycles. The third-order valence-electron chi connectivity index (χ3n) is 3.85. The molecule has 0 amide bonds. The minimum Gasteiger partial charge on any atom is -0.434 e. The Kier molecular flexibility index (Phi) is 4.60. The quantitative estimate of drug-likeness (QED) is 0.903. The molecule has 1 atom stereocenters. The van der Waals surface area contributed by atoms with Crippen LogP contribution < -0.4 is 4.74 Å². The van der Waals surface area contributed by atoms with Gasteiger partial charge in [-0.2, -0.15) is 8.78 Å². The highest BCUT2D eigenvalue weighted by Gasteiger charge is 2.33. The number of nitrogens with zero attached hydrogens (tertiary/aromatic N) is 1. The van der Waals surface area contributed by atoms with E-state index < -0.39 is 12.2 Å². The highest BCUT2D eigenvalue weighted by Crippen LogP contribution is 2.29. The summed E-state index contributed by atoms with van der Waals surface area (Å²) in [7, 11) is 0. The van der Waals surface area contributed by atoms with E-state index in [0.29, 0.717) is 6.54 Å². The van der Waals surface area contributed by atoms with Gasteiger partial charge in [0.05, 0.1) is 5.60 Å². The maximum absolute atomic E-state index is 12.4. The zero-order valence-electron chi connectivity index (χ0n) is 11.9. The van der Waals surface area contributed by atoms with Crippen LogP contribution in [0, 0.1) is 5.92 Å². The van der Waals surface area contributed by atoms with E-state index in [1.807, 2.05) is 19.9 Å². The first-order chi connectivity index (χ1) is 9.36. The van der Waals surface area contributed by atoms with Gasteiger partial charge in [-0.1, -0.05) is 18.2 Å². The molecular formula is C15H21F2NO2. The van der Waals surface area contributed by atoms with Gasteiger partial charge in [-0.25, -0.2) is 0 Å². The lowest BCUT2D eigenvalue weighted by Gasteiger charge is -2.26. The number of alkyl halides is 2. The number of hydrogen-bond donors (Lipinski definition) is 1. The molecule has 1 aromatic carbocycles. The Morgan fingerprint density at radius 3 is 2.70 bits per heavy atom. The molecule has 20 heavy (non-hydrogen) atoms. The molecule has 0 aliphatic carbocycles. The Bertz CT molecular complexity index is 446. The van der Waals surface area contributed by atoms with Crippen molar-refractivity contribution in [3.8, 4) is 5.75 Å². The fourth-order valence-corrected chi connectivity index (χ4v) is 2.64. The minimum atomic E-state index is -2.81. The second kappa shape index (κ2) is 6.06. The van der Waals surface area contributed by atoms with Crippen molar-refractivity contribution < 1.29 is 18.6 Å². The van der Waals surface area contributed by atoms with Crippen LogP contribution in [-0.4, -0.2) is 35.3 Å². The molecule has 0 saturated carbocycles. The van der Waals surface area contributed by atoms with Gasteiger partial charge < -0.3 is 9.84 Å². The van der Waals surface area contributed by atoms with Crippen molar-refractivity contribution >= 4 is 0 Å². The molecule has 0 spiro atoms. The van der Waals surface area contributed by atoms with Gasteiger partial charge in [-0.3, -0.25) is 4.90 Å². The van der Waals surface area contributed by atoms with Crippen LogP contribution in [0.2, 0.25) is 0 Å². The van der Waals surface area contributed by atoms with Crippen molar-refractivity contribution in [1.29, 1.82) is 0 Å². The van der Waals surface area contributed by atoms with E-state index in [4.69, 9.17) is 0 Å². The van der Waals surface area contributed by atoms with Crippen LogP contribution >= 0.6 is 0 Å². The monoisotopic (exact) mass is 285 g/mol. The molecule has 112 valence electrons. The molecule has 5 heteroatoms. The highest BCUT2D eigenvalue weighted by molar-refractivity contribution is 5.33. The number of hydrogen-bond acceptors (Lipinski definition) is 3. The van der Waals surface area contributed by atoms with Gasteiger partial charge in [-0.05, 0) is 32.9 Å². The third-order valence-corrected chi connectivity index (χ3v) is 3.85. The SMILES string of the molecule is CC(C)(O)C1CCN(Cc2ccccc2OC(F)F)C1. The Hall–Kier alpha value is -1.20. The van der Waals surface area contributed by atoms with Crippen LogP contribution in [-0.2, 0) is 6.54 Å². The third kappa shape index (κ3) is 3.90. The van der Waals surface area contributed by atoms with Gasteiger partial charge in [0.25, 0.3) is 0 Å². The van der Waals surface area contributed by atoms with E-state index in [9.17, 15) is 13.9 Å². The van der Waals surface area contributed by atoms with E-state index >= 15 is 0 Å². The Balaban J connectivity index is 2.01. The largest absolute Gasteiger partial charge is 0.434 e. The van der Waals surface area contributed by atoms with Gasteiger partial charge in [0.2, 0.25) is 0 Å². The molecular weight excluding hydrogens is 264 g/mol. The molecule has 2 rings (SSSR count). The Morgan fingerprint density at radius 1 is 1.40 bits per heavy atom. The van der Waals surface area contributed by atoms with Crippen LogP contribution in [0.5, 0.6) is 5.75 Å². The second-order valence-corrected chi connectivity index (χ2v) is 5.86. The summed E-state index contributed by atoms with van der Waals surface area (Å²) in [4.78, 5) is 2.16. The number of rotatable bonds is 5. The lowest BCUT2D eigenvalue weighted by atomic mass is 9.90. The maximum Gasteiger partial charge on any atom is 0.387 e.